The summed E-state index contributed by atoms with van der Waals surface area (Å²) >= 11 is 7.87. The second kappa shape index (κ2) is 7.64. The highest BCUT2D eigenvalue weighted by atomic mass is 35.5. The van der Waals surface area contributed by atoms with E-state index in [4.69, 9.17) is 16.6 Å². The van der Waals surface area contributed by atoms with Crippen molar-refractivity contribution in [1.29, 1.82) is 0 Å². The van der Waals surface area contributed by atoms with Crippen LogP contribution in [-0.4, -0.2) is 24.0 Å². The molecule has 0 bridgehead atoms. The monoisotopic (exact) mass is 385 g/mol. The maximum Gasteiger partial charge on any atom is 0.223 e. The van der Waals surface area contributed by atoms with Crippen LogP contribution in [0, 0.1) is 5.92 Å². The Morgan fingerprint density at radius 3 is 2.65 bits per heavy atom. The summed E-state index contributed by atoms with van der Waals surface area (Å²) in [6, 6.07) is 15.8. The molecule has 1 aromatic heterocycles. The fourth-order valence-electron chi connectivity index (χ4n) is 3.30. The zero-order chi connectivity index (χ0) is 17.9. The number of hydrogen-bond acceptors (Lipinski definition) is 4. The number of halogens is 1. The molecule has 0 unspecified atom stereocenters. The lowest BCUT2D eigenvalue weighted by Crippen LogP contribution is -2.40. The van der Waals surface area contributed by atoms with Crippen LogP contribution in [0.3, 0.4) is 0 Å². The number of carbonyl (C=O) groups is 1. The molecule has 1 N–H and O–H groups in total. The van der Waals surface area contributed by atoms with Crippen LogP contribution in [0.4, 0.5) is 5.13 Å². The minimum Gasteiger partial charge on any atom is -0.352 e. The summed E-state index contributed by atoms with van der Waals surface area (Å²) < 4.78 is 1.21. The number of rotatable bonds is 4. The van der Waals surface area contributed by atoms with E-state index in [1.807, 2.05) is 42.5 Å². The van der Waals surface area contributed by atoms with Crippen molar-refractivity contribution in [3.05, 3.63) is 59.1 Å². The van der Waals surface area contributed by atoms with Crippen molar-refractivity contribution >= 4 is 44.2 Å². The molecule has 0 saturated carbocycles. The summed E-state index contributed by atoms with van der Waals surface area (Å²) in [6.45, 7) is 2.21. The second-order valence-electron chi connectivity index (χ2n) is 6.53. The van der Waals surface area contributed by atoms with Gasteiger partial charge in [-0.2, -0.15) is 0 Å². The fraction of sp³-hybridized carbons (Fsp3) is 0.300. The number of aromatic nitrogens is 1. The Morgan fingerprint density at radius 1 is 1.15 bits per heavy atom. The highest BCUT2D eigenvalue weighted by molar-refractivity contribution is 7.22. The van der Waals surface area contributed by atoms with Gasteiger partial charge < -0.3 is 10.2 Å². The third-order valence-corrected chi connectivity index (χ3v) is 6.30. The molecule has 0 atom stereocenters. The fourth-order valence-corrected chi connectivity index (χ4v) is 4.52. The zero-order valence-electron chi connectivity index (χ0n) is 14.3. The van der Waals surface area contributed by atoms with Gasteiger partial charge >= 0.3 is 0 Å². The second-order valence-corrected chi connectivity index (χ2v) is 7.95. The maximum absolute atomic E-state index is 12.5. The van der Waals surface area contributed by atoms with Gasteiger partial charge in [0.05, 0.1) is 10.2 Å². The number of fused-ring (bicyclic) bond motifs is 1. The lowest BCUT2D eigenvalue weighted by molar-refractivity contribution is -0.125. The summed E-state index contributed by atoms with van der Waals surface area (Å²) in [6.07, 6.45) is 1.70. The van der Waals surface area contributed by atoms with E-state index >= 15 is 0 Å². The minimum atomic E-state index is 0.0584. The standard InChI is InChI=1S/C20H20ClN3OS/c21-16-6-2-1-5-15(16)13-22-19(25)14-9-11-24(12-10-14)20-23-17-7-3-4-8-18(17)26-20/h1-8,14H,9-13H2,(H,22,25). The van der Waals surface area contributed by atoms with Gasteiger partial charge in [0.25, 0.3) is 0 Å². The molecule has 6 heteroatoms. The van der Waals surface area contributed by atoms with Crippen molar-refractivity contribution in [2.24, 2.45) is 5.92 Å². The smallest absolute Gasteiger partial charge is 0.223 e. The number of piperidine rings is 1. The highest BCUT2D eigenvalue weighted by Gasteiger charge is 2.26. The quantitative estimate of drug-likeness (QED) is 0.720. The van der Waals surface area contributed by atoms with Gasteiger partial charge in [-0.3, -0.25) is 4.79 Å². The molecule has 1 aliphatic rings. The molecule has 3 aromatic rings. The van der Waals surface area contributed by atoms with Crippen molar-refractivity contribution in [1.82, 2.24) is 10.3 Å². The Bertz CT molecular complexity index is 885. The van der Waals surface area contributed by atoms with Gasteiger partial charge in [0.15, 0.2) is 5.13 Å². The summed E-state index contributed by atoms with van der Waals surface area (Å²) in [7, 11) is 0. The molecule has 2 aromatic carbocycles. The number of nitrogens with one attached hydrogen (secondary N) is 1. The van der Waals surface area contributed by atoms with E-state index in [0.29, 0.717) is 11.6 Å². The summed E-state index contributed by atoms with van der Waals surface area (Å²) in [4.78, 5) is 19.5. The van der Waals surface area contributed by atoms with Crippen molar-refractivity contribution in [3.63, 3.8) is 0 Å². The first-order valence-corrected chi connectivity index (χ1v) is 10.0. The summed E-state index contributed by atoms with van der Waals surface area (Å²) in [5.74, 6) is 0.178. The number of amides is 1. The van der Waals surface area contributed by atoms with Crippen LogP contribution >= 0.6 is 22.9 Å². The van der Waals surface area contributed by atoms with Crippen molar-refractivity contribution in [2.45, 2.75) is 19.4 Å². The van der Waals surface area contributed by atoms with Crippen molar-refractivity contribution in [3.8, 4) is 0 Å². The van der Waals surface area contributed by atoms with E-state index in [2.05, 4.69) is 16.3 Å². The molecular weight excluding hydrogens is 366 g/mol. The maximum atomic E-state index is 12.5. The molecular formula is C20H20ClN3OS. The topological polar surface area (TPSA) is 45.2 Å². The third kappa shape index (κ3) is 3.69. The Labute approximate surface area is 161 Å². The average molecular weight is 386 g/mol. The molecule has 4 nitrogen and oxygen atoms in total. The lowest BCUT2D eigenvalue weighted by Gasteiger charge is -2.31. The van der Waals surface area contributed by atoms with Crippen LogP contribution in [0.5, 0.6) is 0 Å². The van der Waals surface area contributed by atoms with Crippen LogP contribution in [-0.2, 0) is 11.3 Å². The van der Waals surface area contributed by atoms with Gasteiger partial charge in [0.1, 0.15) is 0 Å². The first-order chi connectivity index (χ1) is 12.7. The molecule has 1 fully saturated rings. The largest absolute Gasteiger partial charge is 0.352 e. The Balaban J connectivity index is 1.33. The van der Waals surface area contributed by atoms with E-state index < -0.39 is 0 Å². The van der Waals surface area contributed by atoms with Crippen LogP contribution in [0.1, 0.15) is 18.4 Å². The summed E-state index contributed by atoms with van der Waals surface area (Å²) in [5, 5.41) is 4.78. The molecule has 0 aliphatic carbocycles. The van der Waals surface area contributed by atoms with Crippen LogP contribution < -0.4 is 10.2 Å². The SMILES string of the molecule is O=C(NCc1ccccc1Cl)C1CCN(c2nc3ccccc3s2)CC1. The number of para-hydroxylation sites is 1. The van der Waals surface area contributed by atoms with Gasteiger partial charge in [0.2, 0.25) is 5.91 Å². The molecule has 134 valence electrons. The molecule has 4 rings (SSSR count). The predicted octanol–water partition coefficient (Wildman–Crippen LogP) is 4.48. The summed E-state index contributed by atoms with van der Waals surface area (Å²) in [5.41, 5.74) is 2.00. The first-order valence-electron chi connectivity index (χ1n) is 8.82. The van der Waals surface area contributed by atoms with Crippen LogP contribution in [0.2, 0.25) is 5.02 Å². The lowest BCUT2D eigenvalue weighted by atomic mass is 9.96. The van der Waals surface area contributed by atoms with Crippen LogP contribution in [0.15, 0.2) is 48.5 Å². The van der Waals surface area contributed by atoms with E-state index in [0.717, 1.165) is 42.1 Å². The van der Waals surface area contributed by atoms with Gasteiger partial charge in [-0.15, -0.1) is 0 Å². The Morgan fingerprint density at radius 2 is 1.88 bits per heavy atom. The molecule has 26 heavy (non-hydrogen) atoms. The van der Waals surface area contributed by atoms with E-state index in [9.17, 15) is 4.79 Å². The van der Waals surface area contributed by atoms with Gasteiger partial charge in [-0.25, -0.2) is 4.98 Å². The normalized spacial score (nSPS) is 15.3. The number of nitrogens with zero attached hydrogens (tertiary/aromatic N) is 2. The molecule has 0 radical (unpaired) electrons. The van der Waals surface area contributed by atoms with Gasteiger partial charge in [-0.1, -0.05) is 53.3 Å². The molecule has 1 aliphatic heterocycles. The van der Waals surface area contributed by atoms with E-state index in [-0.39, 0.29) is 11.8 Å². The Kier molecular flexibility index (Phi) is 5.09. The van der Waals surface area contributed by atoms with Crippen molar-refractivity contribution < 1.29 is 4.79 Å². The highest BCUT2D eigenvalue weighted by Crippen LogP contribution is 2.31. The van der Waals surface area contributed by atoms with E-state index in [1.54, 1.807) is 11.3 Å². The average Bonchev–Trinajstić information content (AvgIpc) is 3.11. The number of thiazole rings is 1. The number of anilines is 1. The Hall–Kier alpha value is -2.11. The third-order valence-electron chi connectivity index (χ3n) is 4.83. The minimum absolute atomic E-state index is 0.0584. The first kappa shape index (κ1) is 17.3. The van der Waals surface area contributed by atoms with Crippen molar-refractivity contribution in [2.75, 3.05) is 18.0 Å². The number of benzene rings is 2. The number of carbonyl (C=O) groups excluding carboxylic acids is 1. The molecule has 0 spiro atoms. The number of hydrogen-bond donors (Lipinski definition) is 1. The molecule has 2 heterocycles. The zero-order valence-corrected chi connectivity index (χ0v) is 15.9. The molecule has 1 amide bonds. The van der Waals surface area contributed by atoms with Gasteiger partial charge in [-0.05, 0) is 36.6 Å². The van der Waals surface area contributed by atoms with Gasteiger partial charge in [0, 0.05) is 30.6 Å². The van der Waals surface area contributed by atoms with Crippen LogP contribution in [0.25, 0.3) is 10.2 Å². The molecule has 1 saturated heterocycles. The predicted molar refractivity (Wildman–Crippen MR) is 108 cm³/mol. The van der Waals surface area contributed by atoms with E-state index in [1.165, 1.54) is 4.70 Å².